The van der Waals surface area contributed by atoms with Crippen molar-refractivity contribution in [2.45, 2.75) is 100.0 Å². The van der Waals surface area contributed by atoms with E-state index >= 15 is 0 Å². The molecule has 0 amide bonds. The Morgan fingerprint density at radius 1 is 1.14 bits per heavy atom. The highest BCUT2D eigenvalue weighted by Gasteiger charge is 2.58. The first-order valence-electron chi connectivity index (χ1n) is 21.7. The highest BCUT2D eigenvalue weighted by atomic mass is 33.1. The Labute approximate surface area is 379 Å². The Morgan fingerprint density at radius 3 is 2.55 bits per heavy atom. The van der Waals surface area contributed by atoms with Gasteiger partial charge in [-0.05, 0) is 44.6 Å². The molecule has 12 atom stereocenters. The number of aliphatic hydroxyl groups is 7. The molecule has 0 aromatic rings. The minimum atomic E-state index is -3.08. The monoisotopic (exact) mass is 942 g/mol. The molecule has 12 unspecified atom stereocenters. The molecule has 4 heterocycles. The molecule has 4 aliphatic heterocycles. The number of ether oxygens (including phenoxy) is 5. The summed E-state index contributed by atoms with van der Waals surface area (Å²) in [6.45, 7) is 2.52. The fourth-order valence-electron chi connectivity index (χ4n) is 9.60. The molecule has 0 aromatic carbocycles. The lowest BCUT2D eigenvalue weighted by Gasteiger charge is -2.48. The van der Waals surface area contributed by atoms with Crippen molar-refractivity contribution in [1.29, 1.82) is 0 Å². The van der Waals surface area contributed by atoms with Gasteiger partial charge in [-0.3, -0.25) is 15.2 Å². The second-order valence-corrected chi connectivity index (χ2v) is 19.5. The van der Waals surface area contributed by atoms with E-state index in [1.807, 2.05) is 0 Å². The normalized spacial score (nSPS) is 34.8. The number of carbonyl (C=O) groups is 2. The minimum absolute atomic E-state index is 0.0266. The summed E-state index contributed by atoms with van der Waals surface area (Å²) in [6, 6.07) is -0.416. The number of esters is 1. The number of carboxylic acid groups (broad SMARTS) is 1. The predicted octanol–water partition coefficient (Wildman–Crippen LogP) is -2.05. The van der Waals surface area contributed by atoms with Gasteiger partial charge in [0, 0.05) is 36.3 Å². The van der Waals surface area contributed by atoms with E-state index in [1.165, 1.54) is 19.4 Å². The van der Waals surface area contributed by atoms with Crippen LogP contribution in [-0.4, -0.2) is 172 Å². The van der Waals surface area contributed by atoms with E-state index in [4.69, 9.17) is 29.4 Å². The maximum atomic E-state index is 14.6. The Morgan fingerprint density at radius 2 is 1.89 bits per heavy atom. The van der Waals surface area contributed by atoms with Crippen LogP contribution < -0.4 is 21.3 Å². The summed E-state index contributed by atoms with van der Waals surface area (Å²) in [5, 5.41) is 89.2. The number of guanidine groups is 1. The van der Waals surface area contributed by atoms with Crippen molar-refractivity contribution in [2.24, 2.45) is 33.9 Å². The number of hydrogen-bond acceptors (Lipinski definition) is 18. The number of fused-ring (bicyclic) bond motifs is 5. The number of nitrogens with two attached hydrogens (primary N) is 1. The zero-order chi connectivity index (χ0) is 46.2. The number of carbonyl (C=O) groups excluding carboxylic acids is 1. The number of nitrogens with one attached hydrogen (secondary N) is 3. The zero-order valence-corrected chi connectivity index (χ0v) is 37.5. The second-order valence-electron chi connectivity index (χ2n) is 17.0. The number of aliphatic hydroxyl groups excluding tert-OH is 5. The maximum Gasteiger partial charge on any atom is 0.343 e. The Kier molecular flexibility index (Phi) is 17.8. The fraction of sp³-hybridized carbons (Fsp3) is 0.690. The van der Waals surface area contributed by atoms with Crippen LogP contribution in [0.4, 0.5) is 0 Å². The first-order chi connectivity index (χ1) is 30.7. The number of hydrogen-bond donors (Lipinski definition) is 12. The van der Waals surface area contributed by atoms with Crippen molar-refractivity contribution in [3.05, 3.63) is 59.7 Å². The van der Waals surface area contributed by atoms with E-state index in [9.17, 15) is 50.4 Å². The molecule has 13 N–H and O–H groups in total. The van der Waals surface area contributed by atoms with Gasteiger partial charge in [0.05, 0.1) is 49.0 Å². The molecule has 1 spiro atoms. The van der Waals surface area contributed by atoms with Gasteiger partial charge in [0.25, 0.3) is 0 Å². The summed E-state index contributed by atoms with van der Waals surface area (Å²) in [6.07, 6.45) is 3.39. The smallest absolute Gasteiger partial charge is 0.343 e. The lowest BCUT2D eigenvalue weighted by molar-refractivity contribution is -0.867. The molecule has 6 aliphatic rings. The molecule has 20 nitrogen and oxygen atoms in total. The van der Waals surface area contributed by atoms with Gasteiger partial charge in [-0.2, -0.15) is 0 Å². The quantitative estimate of drug-likeness (QED) is 0.0170. The maximum absolute atomic E-state index is 14.6. The summed E-state index contributed by atoms with van der Waals surface area (Å²) in [5.41, 5.74) is 6.75. The summed E-state index contributed by atoms with van der Waals surface area (Å²) in [5.74, 6) is -5.79. The summed E-state index contributed by atoms with van der Waals surface area (Å²) in [7, 11) is 4.69. The molecule has 1 saturated heterocycles. The van der Waals surface area contributed by atoms with Gasteiger partial charge in [0.1, 0.15) is 48.9 Å². The van der Waals surface area contributed by atoms with E-state index in [0.29, 0.717) is 34.8 Å². The Hall–Kier alpha value is -3.07. The van der Waals surface area contributed by atoms with Crippen molar-refractivity contribution in [1.82, 2.24) is 10.6 Å². The van der Waals surface area contributed by atoms with Gasteiger partial charge in [0.2, 0.25) is 12.1 Å². The van der Waals surface area contributed by atoms with Gasteiger partial charge in [0.15, 0.2) is 18.4 Å². The Balaban J connectivity index is 1.44. The molecule has 6 rings (SSSR count). The molecule has 0 aromatic heterocycles. The average Bonchev–Trinajstić information content (AvgIpc) is 3.89. The number of quaternary nitrogens is 1. The molecule has 22 heteroatoms. The van der Waals surface area contributed by atoms with Crippen LogP contribution in [0.5, 0.6) is 0 Å². The molecule has 2 saturated carbocycles. The van der Waals surface area contributed by atoms with Crippen LogP contribution >= 0.6 is 21.6 Å². The summed E-state index contributed by atoms with van der Waals surface area (Å²) >= 11 is 0. The highest BCUT2D eigenvalue weighted by molar-refractivity contribution is 8.76. The van der Waals surface area contributed by atoms with Crippen molar-refractivity contribution < 1.29 is 79.0 Å². The average molecular weight is 943 g/mol. The van der Waals surface area contributed by atoms with Crippen molar-refractivity contribution in [3.63, 3.8) is 0 Å². The van der Waals surface area contributed by atoms with Crippen LogP contribution in [0, 0.1) is 23.2 Å². The minimum Gasteiger partial charge on any atom is -0.477 e. The Bertz CT molecular complexity index is 1800. The van der Waals surface area contributed by atoms with Crippen LogP contribution in [0.1, 0.15) is 44.9 Å². The first kappa shape index (κ1) is 50.3. The van der Waals surface area contributed by atoms with E-state index in [1.54, 1.807) is 39.9 Å². The third-order valence-electron chi connectivity index (χ3n) is 13.2. The topological polar surface area (TPSA) is 309 Å². The van der Waals surface area contributed by atoms with Crippen LogP contribution in [0.2, 0.25) is 0 Å². The highest BCUT2D eigenvalue weighted by Crippen LogP contribution is 2.57. The molecule has 2 aliphatic carbocycles. The third kappa shape index (κ3) is 11.0. The number of aliphatic carboxylic acids is 1. The number of likely N-dealkylation sites (N-methyl/N-ethyl adjacent to an activating group) is 1. The fourth-order valence-corrected chi connectivity index (χ4v) is 12.5. The van der Waals surface area contributed by atoms with Gasteiger partial charge in [-0.25, -0.2) is 9.59 Å². The van der Waals surface area contributed by atoms with Gasteiger partial charge < -0.3 is 75.6 Å². The number of aliphatic imine (C=N–C) groups is 1. The molecular formula is C42H64N5O15S2+. The number of carboxylic acids is 1. The van der Waals surface area contributed by atoms with Crippen LogP contribution in [0.3, 0.4) is 0 Å². The first-order valence-corrected chi connectivity index (χ1v) is 24.2. The molecule has 2 bridgehead atoms. The standard InChI is InChI=1S/C42H63N5O15S2/c1-3-25-26-8-7-23-15-47(16-27(36(53)54)33(23)46-40(43)45-13-6-14-48)24(17-49)21-63-64-22-29-30(9-12-41(29)10-4-5-11-41)59-37(55)28(26)20-58-38(25)62-39-35(61-32(19-51)44-2)42(56,57)34(52)31(18-50)60-39/h3,7-8,16,20,24-26,29-32,34-35,38-39,44,48-52,56-57H,1,4-6,9-15,17-19,21-22H2,2H3,(H,53,54)(H3,43,45,46)/p+1. The lowest BCUT2D eigenvalue weighted by Crippen LogP contribution is -3.13. The molecule has 358 valence electrons. The predicted molar refractivity (Wildman–Crippen MR) is 233 cm³/mol. The largest absolute Gasteiger partial charge is 0.477 e. The summed E-state index contributed by atoms with van der Waals surface area (Å²) in [4.78, 5) is 32.5. The van der Waals surface area contributed by atoms with Gasteiger partial charge in [-0.1, -0.05) is 52.7 Å². The van der Waals surface area contributed by atoms with Crippen LogP contribution in [0.15, 0.2) is 64.7 Å². The molecule has 3 fully saturated rings. The van der Waals surface area contributed by atoms with Gasteiger partial charge in [-0.15, -0.1) is 6.58 Å². The number of rotatable bonds is 14. The number of nitrogens with zero attached hydrogens (tertiary/aromatic N) is 1. The van der Waals surface area contributed by atoms with E-state index < -0.39 is 92.0 Å². The molecular weight excluding hydrogens is 879 g/mol. The number of allylic oxidation sites excluding steroid dienone is 1. The summed E-state index contributed by atoms with van der Waals surface area (Å²) < 4.78 is 30.4. The van der Waals surface area contributed by atoms with E-state index in [-0.39, 0.29) is 60.4 Å². The molecule has 64 heavy (non-hydrogen) atoms. The van der Waals surface area contributed by atoms with Crippen LogP contribution in [0.25, 0.3) is 0 Å². The lowest BCUT2D eigenvalue weighted by atomic mass is 9.77. The zero-order valence-electron chi connectivity index (χ0n) is 35.8. The van der Waals surface area contributed by atoms with E-state index in [0.717, 1.165) is 32.1 Å². The second kappa shape index (κ2) is 22.6. The van der Waals surface area contributed by atoms with Crippen molar-refractivity contribution in [2.75, 3.05) is 58.1 Å². The molecule has 0 radical (unpaired) electrons. The SMILES string of the molecule is C=CC1C(OC2OC(CO)C(O)C(O)(O)C2OC(CO)NC)OC=C2C(=O)OC3CCC4(CCCC4)C3CSSCC(CO)[NH+]3C=C(C(=O)O)C(NC(N)=NCCCO)=C(C=CC21)C3. The third-order valence-corrected chi connectivity index (χ3v) is 15.7. The van der Waals surface area contributed by atoms with Crippen molar-refractivity contribution >= 4 is 39.5 Å². The van der Waals surface area contributed by atoms with Crippen LogP contribution in [-0.2, 0) is 33.3 Å². The van der Waals surface area contributed by atoms with Crippen molar-refractivity contribution in [3.8, 4) is 0 Å². The van der Waals surface area contributed by atoms with Gasteiger partial charge >= 0.3 is 11.9 Å². The van der Waals surface area contributed by atoms with E-state index in [2.05, 4.69) is 22.2 Å².